The molecule has 3 rings (SSSR count). The molecular formula is C19H16F2N2O4. The molecule has 1 aliphatic rings. The van der Waals surface area contributed by atoms with Crippen molar-refractivity contribution in [2.45, 2.75) is 6.42 Å². The van der Waals surface area contributed by atoms with Crippen LogP contribution in [0.4, 0.5) is 20.2 Å². The summed E-state index contributed by atoms with van der Waals surface area (Å²) in [5.41, 5.74) is 0.0652. The third-order valence-corrected chi connectivity index (χ3v) is 4.10. The van der Waals surface area contributed by atoms with E-state index in [1.54, 1.807) is 12.1 Å². The van der Waals surface area contributed by atoms with Crippen molar-refractivity contribution in [3.63, 3.8) is 0 Å². The molecule has 2 aromatic rings. The van der Waals surface area contributed by atoms with Crippen molar-refractivity contribution in [2.24, 2.45) is 5.92 Å². The van der Waals surface area contributed by atoms with Gasteiger partial charge in [-0.05, 0) is 24.3 Å². The first-order chi connectivity index (χ1) is 13.0. The summed E-state index contributed by atoms with van der Waals surface area (Å²) >= 11 is 0. The fourth-order valence-corrected chi connectivity index (χ4v) is 2.77. The van der Waals surface area contributed by atoms with E-state index in [1.165, 1.54) is 41.3 Å². The van der Waals surface area contributed by atoms with Crippen LogP contribution in [0.5, 0.6) is 0 Å². The number of amides is 2. The Morgan fingerprint density at radius 2 is 1.74 bits per heavy atom. The van der Waals surface area contributed by atoms with Gasteiger partial charge in [-0.3, -0.25) is 14.4 Å². The van der Waals surface area contributed by atoms with Gasteiger partial charge in [-0.25, -0.2) is 8.78 Å². The summed E-state index contributed by atoms with van der Waals surface area (Å²) in [5.74, 6) is -3.84. The van der Waals surface area contributed by atoms with Gasteiger partial charge in [0.25, 0.3) is 5.91 Å². The minimum Gasteiger partial charge on any atom is -0.455 e. The van der Waals surface area contributed by atoms with Crippen LogP contribution in [-0.2, 0) is 19.1 Å². The lowest BCUT2D eigenvalue weighted by molar-refractivity contribution is -0.151. The van der Waals surface area contributed by atoms with Crippen LogP contribution in [0.3, 0.4) is 0 Å². The van der Waals surface area contributed by atoms with Gasteiger partial charge in [0, 0.05) is 13.0 Å². The highest BCUT2D eigenvalue weighted by Crippen LogP contribution is 2.27. The summed E-state index contributed by atoms with van der Waals surface area (Å²) in [6.07, 6.45) is -0.137. The molecule has 1 heterocycles. The Morgan fingerprint density at radius 3 is 2.44 bits per heavy atom. The van der Waals surface area contributed by atoms with Crippen LogP contribution in [0.1, 0.15) is 6.42 Å². The number of ether oxygens (including phenoxy) is 1. The number of hydrogen-bond donors (Lipinski definition) is 1. The maximum atomic E-state index is 13.8. The number of rotatable bonds is 5. The van der Waals surface area contributed by atoms with Gasteiger partial charge in [-0.15, -0.1) is 0 Å². The zero-order valence-electron chi connectivity index (χ0n) is 14.2. The molecule has 0 aliphatic carbocycles. The summed E-state index contributed by atoms with van der Waals surface area (Å²) in [6, 6.07) is 11.3. The minimum absolute atomic E-state index is 0.0275. The SMILES string of the molecule is O=C(COC(=O)[C@H]1CC(=O)N(c2ccccc2F)C1)Nc1ccccc1F. The summed E-state index contributed by atoms with van der Waals surface area (Å²) in [6.45, 7) is -0.648. The van der Waals surface area contributed by atoms with E-state index in [2.05, 4.69) is 5.32 Å². The lowest BCUT2D eigenvalue weighted by Gasteiger charge is -2.17. The lowest BCUT2D eigenvalue weighted by atomic mass is 10.1. The summed E-state index contributed by atoms with van der Waals surface area (Å²) in [5, 5.41) is 2.29. The summed E-state index contributed by atoms with van der Waals surface area (Å²) in [4.78, 5) is 37.2. The van der Waals surface area contributed by atoms with Crippen LogP contribution in [-0.4, -0.2) is 30.9 Å². The van der Waals surface area contributed by atoms with E-state index < -0.39 is 41.9 Å². The van der Waals surface area contributed by atoms with Crippen molar-refractivity contribution in [3.05, 3.63) is 60.2 Å². The van der Waals surface area contributed by atoms with Crippen molar-refractivity contribution < 1.29 is 27.9 Å². The predicted molar refractivity (Wildman–Crippen MR) is 92.8 cm³/mol. The molecule has 8 heteroatoms. The van der Waals surface area contributed by atoms with Gasteiger partial charge in [0.2, 0.25) is 5.91 Å². The fourth-order valence-electron chi connectivity index (χ4n) is 2.77. The molecule has 140 valence electrons. The van der Waals surface area contributed by atoms with E-state index in [0.29, 0.717) is 0 Å². The lowest BCUT2D eigenvalue weighted by Crippen LogP contribution is -2.28. The monoisotopic (exact) mass is 374 g/mol. The summed E-state index contributed by atoms with van der Waals surface area (Å²) in [7, 11) is 0. The quantitative estimate of drug-likeness (QED) is 0.816. The maximum absolute atomic E-state index is 13.8. The van der Waals surface area contributed by atoms with Gasteiger partial charge in [0.15, 0.2) is 6.61 Å². The molecule has 1 saturated heterocycles. The normalized spacial score (nSPS) is 16.3. The number of anilines is 2. The zero-order chi connectivity index (χ0) is 19.4. The number of carbonyl (C=O) groups excluding carboxylic acids is 3. The number of para-hydroxylation sites is 2. The average molecular weight is 374 g/mol. The molecule has 0 unspecified atom stereocenters. The molecule has 1 aliphatic heterocycles. The second-order valence-electron chi connectivity index (χ2n) is 5.99. The number of hydrogen-bond acceptors (Lipinski definition) is 4. The molecule has 0 aromatic heterocycles. The van der Waals surface area contributed by atoms with Crippen LogP contribution in [0.15, 0.2) is 48.5 Å². The molecule has 0 bridgehead atoms. The number of benzene rings is 2. The Hall–Kier alpha value is -3.29. The molecule has 27 heavy (non-hydrogen) atoms. The molecule has 1 atom stereocenters. The second-order valence-corrected chi connectivity index (χ2v) is 5.99. The third-order valence-electron chi connectivity index (χ3n) is 4.10. The van der Waals surface area contributed by atoms with Gasteiger partial charge in [0.1, 0.15) is 11.6 Å². The van der Waals surface area contributed by atoms with Crippen molar-refractivity contribution in [3.8, 4) is 0 Å². The van der Waals surface area contributed by atoms with Crippen LogP contribution in [0, 0.1) is 17.6 Å². The van der Waals surface area contributed by atoms with Gasteiger partial charge in [0.05, 0.1) is 17.3 Å². The van der Waals surface area contributed by atoms with Gasteiger partial charge >= 0.3 is 5.97 Å². The van der Waals surface area contributed by atoms with E-state index in [9.17, 15) is 23.2 Å². The van der Waals surface area contributed by atoms with Gasteiger partial charge < -0.3 is 15.0 Å². The molecule has 2 aromatic carbocycles. The number of carbonyl (C=O) groups is 3. The zero-order valence-corrected chi connectivity index (χ0v) is 14.2. The van der Waals surface area contributed by atoms with E-state index in [4.69, 9.17) is 4.74 Å². The molecule has 0 spiro atoms. The third kappa shape index (κ3) is 4.28. The molecule has 0 radical (unpaired) electrons. The molecule has 0 saturated carbocycles. The van der Waals surface area contributed by atoms with Gasteiger partial charge in [-0.2, -0.15) is 0 Å². The molecule has 2 amide bonds. The van der Waals surface area contributed by atoms with E-state index in [0.717, 1.165) is 0 Å². The van der Waals surface area contributed by atoms with E-state index >= 15 is 0 Å². The molecule has 1 fully saturated rings. The highest BCUT2D eigenvalue weighted by molar-refractivity contribution is 6.00. The van der Waals surface area contributed by atoms with Gasteiger partial charge in [-0.1, -0.05) is 24.3 Å². The predicted octanol–water partition coefficient (Wildman–Crippen LogP) is 2.50. The number of esters is 1. The second kappa shape index (κ2) is 7.94. The highest BCUT2D eigenvalue weighted by Gasteiger charge is 2.37. The van der Waals surface area contributed by atoms with E-state index in [1.807, 2.05) is 0 Å². The Labute approximate surface area is 153 Å². The average Bonchev–Trinajstić information content (AvgIpc) is 3.04. The standard InChI is InChI=1S/C19H16F2N2O4/c20-13-5-1-3-7-15(13)22-17(24)11-27-19(26)12-9-18(25)23(10-12)16-8-4-2-6-14(16)21/h1-8,12H,9-11H2,(H,22,24)/t12-/m0/s1. The first-order valence-electron chi connectivity index (χ1n) is 8.21. The molecule has 1 N–H and O–H groups in total. The van der Waals surface area contributed by atoms with Crippen LogP contribution < -0.4 is 10.2 Å². The van der Waals surface area contributed by atoms with Crippen molar-refractivity contribution >= 4 is 29.2 Å². The smallest absolute Gasteiger partial charge is 0.311 e. The molecular weight excluding hydrogens is 358 g/mol. The molecule has 6 nitrogen and oxygen atoms in total. The van der Waals surface area contributed by atoms with Crippen LogP contribution in [0.25, 0.3) is 0 Å². The van der Waals surface area contributed by atoms with E-state index in [-0.39, 0.29) is 24.3 Å². The Kier molecular flexibility index (Phi) is 5.44. The van der Waals surface area contributed by atoms with Crippen LogP contribution in [0.2, 0.25) is 0 Å². The first kappa shape index (κ1) is 18.5. The van der Waals surface area contributed by atoms with Crippen molar-refractivity contribution in [1.29, 1.82) is 0 Å². The van der Waals surface area contributed by atoms with Crippen molar-refractivity contribution in [2.75, 3.05) is 23.4 Å². The minimum atomic E-state index is -0.807. The maximum Gasteiger partial charge on any atom is 0.311 e. The summed E-state index contributed by atoms with van der Waals surface area (Å²) < 4.78 is 32.2. The fraction of sp³-hybridized carbons (Fsp3) is 0.211. The Morgan fingerprint density at radius 1 is 1.07 bits per heavy atom. The number of halogens is 2. The Balaban J connectivity index is 1.54. The first-order valence-corrected chi connectivity index (χ1v) is 8.21. The largest absolute Gasteiger partial charge is 0.455 e. The Bertz CT molecular complexity index is 888. The van der Waals surface area contributed by atoms with Crippen LogP contribution >= 0.6 is 0 Å². The number of nitrogens with zero attached hydrogens (tertiary/aromatic N) is 1. The number of nitrogens with one attached hydrogen (secondary N) is 1. The topological polar surface area (TPSA) is 75.7 Å². The van der Waals surface area contributed by atoms with Crippen molar-refractivity contribution in [1.82, 2.24) is 0 Å². The highest BCUT2D eigenvalue weighted by atomic mass is 19.1.